The van der Waals surface area contributed by atoms with E-state index < -0.39 is 29.8 Å². The van der Waals surface area contributed by atoms with Crippen molar-refractivity contribution in [1.29, 1.82) is 0 Å². The minimum atomic E-state index is -5.08. The fourth-order valence-electron chi connectivity index (χ4n) is 4.85. The van der Waals surface area contributed by atoms with Gasteiger partial charge in [-0.25, -0.2) is 18.4 Å². The molecular formula is C32H36F5N3O4. The number of hydrogen-bond donors (Lipinski definition) is 2. The van der Waals surface area contributed by atoms with E-state index in [1.54, 1.807) is 31.4 Å². The highest BCUT2D eigenvalue weighted by Gasteiger charge is 2.38. The summed E-state index contributed by atoms with van der Waals surface area (Å²) >= 11 is 0. The van der Waals surface area contributed by atoms with Gasteiger partial charge in [-0.3, -0.25) is 0 Å². The highest BCUT2D eigenvalue weighted by Crippen LogP contribution is 2.23. The van der Waals surface area contributed by atoms with E-state index in [4.69, 9.17) is 14.6 Å². The number of halogens is 5. The molecule has 0 unspecified atom stereocenters. The summed E-state index contributed by atoms with van der Waals surface area (Å²) in [6.45, 7) is 3.14. The van der Waals surface area contributed by atoms with Crippen LogP contribution >= 0.6 is 0 Å². The number of nitrogens with one attached hydrogen (secondary N) is 1. The molecule has 7 nitrogen and oxygen atoms in total. The van der Waals surface area contributed by atoms with Crippen LogP contribution in [0, 0.1) is 17.6 Å². The highest BCUT2D eigenvalue weighted by atomic mass is 19.4. The molecule has 1 aliphatic heterocycles. The van der Waals surface area contributed by atoms with Crippen molar-refractivity contribution < 1.29 is 41.4 Å². The molecule has 3 aromatic rings. The van der Waals surface area contributed by atoms with Crippen molar-refractivity contribution in [3.05, 3.63) is 95.6 Å². The summed E-state index contributed by atoms with van der Waals surface area (Å²) in [6.07, 6.45) is -0.953. The van der Waals surface area contributed by atoms with Gasteiger partial charge in [0.15, 0.2) is 0 Å². The predicted molar refractivity (Wildman–Crippen MR) is 156 cm³/mol. The number of carboxylic acids is 1. The molecule has 0 spiro atoms. The molecule has 0 bridgehead atoms. The zero-order chi connectivity index (χ0) is 32.1. The highest BCUT2D eigenvalue weighted by molar-refractivity contribution is 5.89. The topological polar surface area (TPSA) is 82.1 Å². The van der Waals surface area contributed by atoms with E-state index in [9.17, 15) is 26.7 Å². The molecule has 1 fully saturated rings. The van der Waals surface area contributed by atoms with Crippen molar-refractivity contribution in [2.75, 3.05) is 38.6 Å². The number of piperidine rings is 1. The lowest BCUT2D eigenvalue weighted by molar-refractivity contribution is -0.192. The third-order valence-electron chi connectivity index (χ3n) is 7.26. The fourth-order valence-corrected chi connectivity index (χ4v) is 4.85. The van der Waals surface area contributed by atoms with Gasteiger partial charge in [0, 0.05) is 17.8 Å². The van der Waals surface area contributed by atoms with Gasteiger partial charge in [0.05, 0.1) is 13.7 Å². The molecule has 1 heterocycles. The number of nitrogens with zero attached hydrogens (tertiary/aromatic N) is 2. The summed E-state index contributed by atoms with van der Waals surface area (Å²) in [7, 11) is 1.57. The van der Waals surface area contributed by atoms with Gasteiger partial charge < -0.3 is 25.0 Å². The Balaban J connectivity index is 0.000000676. The molecule has 2 N–H and O–H groups in total. The van der Waals surface area contributed by atoms with Gasteiger partial charge in [-0.15, -0.1) is 0 Å². The van der Waals surface area contributed by atoms with Crippen LogP contribution in [-0.4, -0.2) is 66.4 Å². The number of carboxylic acid groups (broad SMARTS) is 1. The Hall–Kier alpha value is -4.19. The molecule has 0 radical (unpaired) electrons. The number of urea groups is 1. The number of alkyl halides is 3. The van der Waals surface area contributed by atoms with Crippen LogP contribution in [0.5, 0.6) is 5.75 Å². The summed E-state index contributed by atoms with van der Waals surface area (Å²) in [5.41, 5.74) is 1.87. The quantitative estimate of drug-likeness (QED) is 0.239. The second-order valence-corrected chi connectivity index (χ2v) is 10.4. The van der Waals surface area contributed by atoms with Crippen LogP contribution in [0.1, 0.15) is 30.4 Å². The molecule has 0 atom stereocenters. The number of anilines is 1. The number of amides is 2. The number of hydrogen-bond acceptors (Lipinski definition) is 4. The third kappa shape index (κ3) is 11.1. The van der Waals surface area contributed by atoms with Crippen LogP contribution in [0.15, 0.2) is 72.8 Å². The molecule has 1 saturated heterocycles. The van der Waals surface area contributed by atoms with Crippen LogP contribution in [0.2, 0.25) is 0 Å². The van der Waals surface area contributed by atoms with Crippen molar-refractivity contribution in [3.63, 3.8) is 0 Å². The average Bonchev–Trinajstić information content (AvgIpc) is 2.99. The third-order valence-corrected chi connectivity index (χ3v) is 7.26. The Labute approximate surface area is 253 Å². The Bertz CT molecular complexity index is 1310. The van der Waals surface area contributed by atoms with E-state index >= 15 is 0 Å². The van der Waals surface area contributed by atoms with Crippen molar-refractivity contribution in [2.45, 2.75) is 38.4 Å². The molecule has 0 aliphatic carbocycles. The lowest BCUT2D eigenvalue weighted by atomic mass is 9.90. The van der Waals surface area contributed by atoms with Crippen LogP contribution in [0.25, 0.3) is 0 Å². The SMILES string of the molecule is COc1ccc(NC(=O)N(CCCN2CCC(Cc3ccccc3)CC2)Cc2c(F)cccc2F)cc1.O=C(O)C(F)(F)F. The second kappa shape index (κ2) is 16.6. The van der Waals surface area contributed by atoms with Crippen molar-refractivity contribution in [1.82, 2.24) is 9.80 Å². The minimum absolute atomic E-state index is 0.103. The largest absolute Gasteiger partial charge is 0.497 e. The number of carbonyl (C=O) groups excluding carboxylic acids is 1. The zero-order valence-electron chi connectivity index (χ0n) is 24.3. The first-order chi connectivity index (χ1) is 21.0. The molecule has 3 aromatic carbocycles. The Morgan fingerprint density at radius 1 is 0.955 bits per heavy atom. The molecule has 0 aromatic heterocycles. The van der Waals surface area contributed by atoms with E-state index in [1.807, 2.05) is 6.07 Å². The number of likely N-dealkylation sites (tertiary alicyclic amines) is 1. The summed E-state index contributed by atoms with van der Waals surface area (Å²) in [4.78, 5) is 25.9. The van der Waals surface area contributed by atoms with Crippen LogP contribution in [-0.2, 0) is 17.8 Å². The normalized spacial score (nSPS) is 13.9. The monoisotopic (exact) mass is 621 g/mol. The lowest BCUT2D eigenvalue weighted by Gasteiger charge is -2.32. The van der Waals surface area contributed by atoms with Gasteiger partial charge >= 0.3 is 18.2 Å². The van der Waals surface area contributed by atoms with E-state index in [0.29, 0.717) is 23.9 Å². The van der Waals surface area contributed by atoms with Gasteiger partial charge in [-0.2, -0.15) is 13.2 Å². The maximum atomic E-state index is 14.4. The smallest absolute Gasteiger partial charge is 0.490 e. The van der Waals surface area contributed by atoms with Crippen molar-refractivity contribution >= 4 is 17.7 Å². The number of benzene rings is 3. The average molecular weight is 622 g/mol. The molecule has 1 aliphatic rings. The molecule has 0 saturated carbocycles. The molecule has 12 heteroatoms. The Morgan fingerprint density at radius 3 is 2.09 bits per heavy atom. The summed E-state index contributed by atoms with van der Waals surface area (Å²) in [6, 6.07) is 21.0. The molecule has 4 rings (SSSR count). The number of rotatable bonds is 10. The maximum Gasteiger partial charge on any atom is 0.490 e. The van der Waals surface area contributed by atoms with E-state index in [1.165, 1.54) is 28.7 Å². The number of carbonyl (C=O) groups is 2. The first kappa shape index (κ1) is 34.3. The van der Waals surface area contributed by atoms with Gasteiger partial charge in [0.2, 0.25) is 0 Å². The Morgan fingerprint density at radius 2 is 1.55 bits per heavy atom. The maximum absolute atomic E-state index is 14.4. The van der Waals surface area contributed by atoms with Crippen LogP contribution in [0.4, 0.5) is 32.4 Å². The zero-order valence-corrected chi connectivity index (χ0v) is 24.3. The van der Waals surface area contributed by atoms with Gasteiger partial charge in [-0.05, 0) is 93.2 Å². The number of aliphatic carboxylic acids is 1. The Kier molecular flexibility index (Phi) is 12.9. The molecule has 44 heavy (non-hydrogen) atoms. The summed E-state index contributed by atoms with van der Waals surface area (Å²) in [5.74, 6) is -2.69. The summed E-state index contributed by atoms with van der Waals surface area (Å²) < 4.78 is 65.6. The number of ether oxygens (including phenoxy) is 1. The van der Waals surface area contributed by atoms with Crippen molar-refractivity contribution in [3.8, 4) is 5.75 Å². The van der Waals surface area contributed by atoms with Crippen LogP contribution < -0.4 is 10.1 Å². The first-order valence-electron chi connectivity index (χ1n) is 14.2. The van der Waals surface area contributed by atoms with Crippen LogP contribution in [0.3, 0.4) is 0 Å². The molecule has 238 valence electrons. The standard InChI is InChI=1S/C30H35F2N3O2.C2HF3O2/c1-37-26-13-11-25(12-14-26)33-30(36)35(22-27-28(31)9-5-10-29(27)32)18-6-17-34-19-15-24(16-20-34)21-23-7-3-2-4-8-23;3-2(4,5)1(6)7/h2-5,7-14,24H,6,15-22H2,1H3,(H,33,36);(H,6,7). The van der Waals surface area contributed by atoms with Gasteiger partial charge in [0.25, 0.3) is 0 Å². The second-order valence-electron chi connectivity index (χ2n) is 10.4. The first-order valence-corrected chi connectivity index (χ1v) is 14.2. The minimum Gasteiger partial charge on any atom is -0.497 e. The van der Waals surface area contributed by atoms with E-state index in [2.05, 4.69) is 34.5 Å². The number of methoxy groups -OCH3 is 1. The molecular weight excluding hydrogens is 585 g/mol. The summed E-state index contributed by atoms with van der Waals surface area (Å²) in [5, 5.41) is 9.97. The van der Waals surface area contributed by atoms with Gasteiger partial charge in [-0.1, -0.05) is 36.4 Å². The fraction of sp³-hybridized carbons (Fsp3) is 0.375. The lowest BCUT2D eigenvalue weighted by Crippen LogP contribution is -2.39. The van der Waals surface area contributed by atoms with Crippen molar-refractivity contribution in [2.24, 2.45) is 5.92 Å². The predicted octanol–water partition coefficient (Wildman–Crippen LogP) is 6.99. The van der Waals surface area contributed by atoms with E-state index in [-0.39, 0.29) is 12.1 Å². The molecule has 2 amide bonds. The van der Waals surface area contributed by atoms with E-state index in [0.717, 1.165) is 45.3 Å². The van der Waals surface area contributed by atoms with Gasteiger partial charge in [0.1, 0.15) is 17.4 Å².